The highest BCUT2D eigenvalue weighted by molar-refractivity contribution is 5.94. The van der Waals surface area contributed by atoms with E-state index in [-0.39, 0.29) is 5.91 Å². The molecule has 4 rings (SSSR count). The Balaban J connectivity index is 1.54. The van der Waals surface area contributed by atoms with E-state index in [0.717, 1.165) is 36.8 Å². The first-order valence-corrected chi connectivity index (χ1v) is 8.50. The van der Waals surface area contributed by atoms with Crippen LogP contribution in [0.4, 0.5) is 5.69 Å². The largest absolute Gasteiger partial charge is 0.378 e. The van der Waals surface area contributed by atoms with Crippen LogP contribution in [0.25, 0.3) is 0 Å². The number of anilines is 1. The van der Waals surface area contributed by atoms with Crippen LogP contribution >= 0.6 is 0 Å². The normalized spacial score (nSPS) is 29.1. The number of hydrogen-bond acceptors (Lipinski definition) is 3. The Morgan fingerprint density at radius 3 is 2.70 bits per heavy atom. The molecule has 3 heterocycles. The van der Waals surface area contributed by atoms with E-state index in [4.69, 9.17) is 0 Å². The zero-order chi connectivity index (χ0) is 16.4. The second-order valence-electron chi connectivity index (χ2n) is 6.98. The Morgan fingerprint density at radius 1 is 1.39 bits per heavy atom. The first-order chi connectivity index (χ1) is 11.1. The minimum atomic E-state index is 0.0261. The Bertz CT molecular complexity index is 566. The van der Waals surface area contributed by atoms with Crippen LogP contribution in [0.1, 0.15) is 23.2 Å². The third kappa shape index (κ3) is 3.42. The van der Waals surface area contributed by atoms with Crippen LogP contribution in [0.5, 0.6) is 0 Å². The molecule has 1 N–H and O–H groups in total. The smallest absolute Gasteiger partial charge is 0.251 e. The van der Waals surface area contributed by atoms with Gasteiger partial charge in [0.25, 0.3) is 5.91 Å². The number of amides is 1. The first-order valence-electron chi connectivity index (χ1n) is 8.50. The maximum atomic E-state index is 12.3. The van der Waals surface area contributed by atoms with E-state index in [1.807, 2.05) is 43.3 Å². The van der Waals surface area contributed by atoms with Gasteiger partial charge in [0.2, 0.25) is 0 Å². The number of piperidine rings is 3. The Morgan fingerprint density at radius 2 is 2.13 bits per heavy atom. The van der Waals surface area contributed by atoms with Gasteiger partial charge in [-0.2, -0.15) is 0 Å². The van der Waals surface area contributed by atoms with Crippen molar-refractivity contribution < 1.29 is 4.79 Å². The lowest BCUT2D eigenvalue weighted by atomic mass is 9.75. The van der Waals surface area contributed by atoms with Gasteiger partial charge in [-0.25, -0.2) is 0 Å². The molecule has 23 heavy (non-hydrogen) atoms. The molecule has 124 valence electrons. The van der Waals surface area contributed by atoms with Gasteiger partial charge in [-0.05, 0) is 55.5 Å². The molecule has 4 nitrogen and oxygen atoms in total. The second kappa shape index (κ2) is 6.75. The van der Waals surface area contributed by atoms with Gasteiger partial charge in [0.05, 0.1) is 0 Å². The number of nitrogens with one attached hydrogen (secondary N) is 1. The van der Waals surface area contributed by atoms with Gasteiger partial charge in [-0.3, -0.25) is 9.69 Å². The summed E-state index contributed by atoms with van der Waals surface area (Å²) in [6.45, 7) is 6.97. The van der Waals surface area contributed by atoms with Crippen molar-refractivity contribution in [1.29, 1.82) is 0 Å². The molecule has 1 aromatic carbocycles. The summed E-state index contributed by atoms with van der Waals surface area (Å²) in [6.07, 6.45) is 4.56. The van der Waals surface area contributed by atoms with Crippen molar-refractivity contribution in [3.63, 3.8) is 0 Å². The van der Waals surface area contributed by atoms with E-state index in [9.17, 15) is 4.79 Å². The molecule has 0 radical (unpaired) electrons. The predicted molar refractivity (Wildman–Crippen MR) is 94.9 cm³/mol. The summed E-state index contributed by atoms with van der Waals surface area (Å²) in [5, 5.41) is 3.12. The molecule has 3 saturated heterocycles. The molecule has 3 aliphatic rings. The molecule has 4 heteroatoms. The number of rotatable bonds is 5. The Labute approximate surface area is 139 Å². The van der Waals surface area contributed by atoms with Crippen LogP contribution in [0.15, 0.2) is 36.9 Å². The predicted octanol–water partition coefficient (Wildman–Crippen LogP) is 2.38. The van der Waals surface area contributed by atoms with Crippen molar-refractivity contribution in [2.24, 2.45) is 11.8 Å². The number of hydrogen-bond donors (Lipinski definition) is 1. The van der Waals surface area contributed by atoms with Crippen LogP contribution in [-0.2, 0) is 0 Å². The van der Waals surface area contributed by atoms with Crippen molar-refractivity contribution in [3.05, 3.63) is 42.5 Å². The Hall–Kier alpha value is -1.81. The number of carbonyl (C=O) groups is 1. The maximum absolute atomic E-state index is 12.3. The van der Waals surface area contributed by atoms with Gasteiger partial charge in [0.1, 0.15) is 0 Å². The zero-order valence-electron chi connectivity index (χ0n) is 14.2. The molecule has 4 atom stereocenters. The van der Waals surface area contributed by atoms with Crippen molar-refractivity contribution in [2.75, 3.05) is 38.6 Å². The molecule has 3 fully saturated rings. The summed E-state index contributed by atoms with van der Waals surface area (Å²) in [7, 11) is 4.00. The van der Waals surface area contributed by atoms with Gasteiger partial charge in [0, 0.05) is 44.5 Å². The molecule has 2 bridgehead atoms. The quantitative estimate of drug-likeness (QED) is 0.848. The summed E-state index contributed by atoms with van der Waals surface area (Å²) < 4.78 is 0. The molecule has 0 aromatic heterocycles. The second-order valence-corrected chi connectivity index (χ2v) is 6.98. The summed E-state index contributed by atoms with van der Waals surface area (Å²) >= 11 is 0. The van der Waals surface area contributed by atoms with Crippen LogP contribution in [-0.4, -0.2) is 50.6 Å². The minimum Gasteiger partial charge on any atom is -0.378 e. The number of benzene rings is 1. The topological polar surface area (TPSA) is 35.6 Å². The van der Waals surface area contributed by atoms with Gasteiger partial charge in [0.15, 0.2) is 0 Å². The fraction of sp³-hybridized carbons (Fsp3) is 0.526. The van der Waals surface area contributed by atoms with Crippen molar-refractivity contribution >= 4 is 11.6 Å². The number of carbonyl (C=O) groups excluding carboxylic acids is 1. The molecule has 0 spiro atoms. The first kappa shape index (κ1) is 16.1. The molecular weight excluding hydrogens is 286 g/mol. The highest BCUT2D eigenvalue weighted by Gasteiger charge is 2.38. The van der Waals surface area contributed by atoms with Crippen molar-refractivity contribution in [3.8, 4) is 0 Å². The van der Waals surface area contributed by atoms with Crippen LogP contribution in [0, 0.1) is 11.8 Å². The third-order valence-corrected chi connectivity index (χ3v) is 5.38. The summed E-state index contributed by atoms with van der Waals surface area (Å²) in [4.78, 5) is 16.9. The summed E-state index contributed by atoms with van der Waals surface area (Å²) in [5.74, 6) is 1.41. The molecule has 3 aliphatic heterocycles. The lowest BCUT2D eigenvalue weighted by Gasteiger charge is -2.49. The maximum Gasteiger partial charge on any atom is 0.251 e. The fourth-order valence-electron chi connectivity index (χ4n) is 3.88. The highest BCUT2D eigenvalue weighted by atomic mass is 16.1. The fourth-order valence-corrected chi connectivity index (χ4v) is 3.88. The van der Waals surface area contributed by atoms with E-state index in [1.165, 1.54) is 12.8 Å². The average Bonchev–Trinajstić information content (AvgIpc) is 2.60. The molecule has 1 aromatic rings. The van der Waals surface area contributed by atoms with E-state index in [2.05, 4.69) is 22.9 Å². The van der Waals surface area contributed by atoms with Crippen LogP contribution < -0.4 is 10.2 Å². The van der Waals surface area contributed by atoms with E-state index < -0.39 is 0 Å². The van der Waals surface area contributed by atoms with Crippen molar-refractivity contribution in [2.45, 2.75) is 18.9 Å². The molecule has 4 unspecified atom stereocenters. The zero-order valence-corrected chi connectivity index (χ0v) is 14.2. The van der Waals surface area contributed by atoms with Crippen LogP contribution in [0.3, 0.4) is 0 Å². The summed E-state index contributed by atoms with van der Waals surface area (Å²) in [5.41, 5.74) is 1.84. The number of nitrogens with zero attached hydrogens (tertiary/aromatic N) is 2. The van der Waals surface area contributed by atoms with E-state index in [1.54, 1.807) is 0 Å². The van der Waals surface area contributed by atoms with Gasteiger partial charge in [-0.1, -0.05) is 6.08 Å². The lowest BCUT2D eigenvalue weighted by molar-refractivity contribution is 0.0195. The Kier molecular flexibility index (Phi) is 4.71. The van der Waals surface area contributed by atoms with Gasteiger partial charge in [-0.15, -0.1) is 6.58 Å². The monoisotopic (exact) mass is 313 g/mol. The van der Waals surface area contributed by atoms with Gasteiger partial charge >= 0.3 is 0 Å². The van der Waals surface area contributed by atoms with E-state index >= 15 is 0 Å². The van der Waals surface area contributed by atoms with Crippen LogP contribution in [0.2, 0.25) is 0 Å². The molecular formula is C19H27N3O. The lowest BCUT2D eigenvalue weighted by Crippen LogP contribution is -2.56. The standard InChI is InChI=1S/C19H27N3O/c1-4-14-13-22-10-9-16(14)11-18(22)12-20-19(23)15-5-7-17(8-6-15)21(2)3/h4-8,14,16,18H,1,9-13H2,2-3H3,(H,20,23). The van der Waals surface area contributed by atoms with E-state index in [0.29, 0.717) is 12.0 Å². The minimum absolute atomic E-state index is 0.0261. The van der Waals surface area contributed by atoms with Gasteiger partial charge < -0.3 is 10.2 Å². The van der Waals surface area contributed by atoms with Crippen molar-refractivity contribution in [1.82, 2.24) is 10.2 Å². The SMILES string of the molecule is C=CC1CN2CCC1CC2CNC(=O)c1ccc(N(C)C)cc1. The average molecular weight is 313 g/mol. The highest BCUT2D eigenvalue weighted by Crippen LogP contribution is 2.36. The number of fused-ring (bicyclic) bond motifs is 3. The molecule has 0 saturated carbocycles. The molecule has 1 amide bonds. The third-order valence-electron chi connectivity index (χ3n) is 5.38. The molecule has 0 aliphatic carbocycles. The summed E-state index contributed by atoms with van der Waals surface area (Å²) in [6, 6.07) is 8.23.